The summed E-state index contributed by atoms with van der Waals surface area (Å²) >= 11 is 0. The van der Waals surface area contributed by atoms with Gasteiger partial charge in [-0.15, -0.1) is 0 Å². The molecule has 0 bridgehead atoms. The molecule has 1 fully saturated rings. The van der Waals surface area contributed by atoms with Gasteiger partial charge in [0.2, 0.25) is 0 Å². The van der Waals surface area contributed by atoms with E-state index in [0.717, 1.165) is 56.6 Å². The van der Waals surface area contributed by atoms with Gasteiger partial charge in [-0.05, 0) is 32.7 Å². The molecular formula is C13H22N4O. The van der Waals surface area contributed by atoms with E-state index < -0.39 is 0 Å². The van der Waals surface area contributed by atoms with Crippen LogP contribution in [0.15, 0.2) is 6.07 Å². The fourth-order valence-electron chi connectivity index (χ4n) is 2.40. The predicted octanol–water partition coefficient (Wildman–Crippen LogP) is 1.23. The van der Waals surface area contributed by atoms with Crippen molar-refractivity contribution in [2.45, 2.75) is 26.3 Å². The molecule has 0 atom stereocenters. The van der Waals surface area contributed by atoms with Gasteiger partial charge in [0, 0.05) is 31.5 Å². The number of hydrogen-bond donors (Lipinski definition) is 1. The zero-order chi connectivity index (χ0) is 13.0. The van der Waals surface area contributed by atoms with Gasteiger partial charge in [-0.2, -0.15) is 0 Å². The SMILES string of the molecule is Cc1cc(N)nc(CN(C)CC2CCOCC2)n1. The number of rotatable bonds is 4. The van der Waals surface area contributed by atoms with Crippen LogP contribution < -0.4 is 5.73 Å². The lowest BCUT2D eigenvalue weighted by atomic mass is 10.00. The average molecular weight is 250 g/mol. The van der Waals surface area contributed by atoms with Crippen LogP contribution in [-0.4, -0.2) is 41.7 Å². The summed E-state index contributed by atoms with van der Waals surface area (Å²) in [5.41, 5.74) is 6.66. The molecule has 1 aliphatic heterocycles. The molecule has 1 aromatic rings. The highest BCUT2D eigenvalue weighted by Crippen LogP contribution is 2.16. The Kier molecular flexibility index (Phi) is 4.49. The average Bonchev–Trinajstić information content (AvgIpc) is 2.28. The van der Waals surface area contributed by atoms with Crippen LogP contribution in [0.4, 0.5) is 5.82 Å². The normalized spacial score (nSPS) is 17.3. The molecule has 0 radical (unpaired) electrons. The number of nitrogen functional groups attached to an aromatic ring is 1. The van der Waals surface area contributed by atoms with E-state index in [0.29, 0.717) is 5.82 Å². The van der Waals surface area contributed by atoms with E-state index in [1.807, 2.05) is 6.92 Å². The summed E-state index contributed by atoms with van der Waals surface area (Å²) in [4.78, 5) is 10.9. The molecule has 2 N–H and O–H groups in total. The van der Waals surface area contributed by atoms with E-state index in [9.17, 15) is 0 Å². The molecule has 100 valence electrons. The summed E-state index contributed by atoms with van der Waals surface area (Å²) in [6.07, 6.45) is 2.31. The van der Waals surface area contributed by atoms with Crippen LogP contribution in [0.2, 0.25) is 0 Å². The maximum absolute atomic E-state index is 5.73. The predicted molar refractivity (Wildman–Crippen MR) is 71.1 cm³/mol. The minimum absolute atomic E-state index is 0.553. The monoisotopic (exact) mass is 250 g/mol. The number of aryl methyl sites for hydroxylation is 1. The summed E-state index contributed by atoms with van der Waals surface area (Å²) in [7, 11) is 2.11. The van der Waals surface area contributed by atoms with Gasteiger partial charge < -0.3 is 10.5 Å². The first-order chi connectivity index (χ1) is 8.63. The summed E-state index contributed by atoms with van der Waals surface area (Å²) in [6.45, 7) is 5.56. The lowest BCUT2D eigenvalue weighted by Crippen LogP contribution is -2.30. The topological polar surface area (TPSA) is 64.3 Å². The van der Waals surface area contributed by atoms with Crippen LogP contribution in [0.1, 0.15) is 24.4 Å². The zero-order valence-corrected chi connectivity index (χ0v) is 11.2. The van der Waals surface area contributed by atoms with Gasteiger partial charge in [0.1, 0.15) is 11.6 Å². The van der Waals surface area contributed by atoms with E-state index in [2.05, 4.69) is 21.9 Å². The molecule has 1 aromatic heterocycles. The van der Waals surface area contributed by atoms with Crippen LogP contribution in [0.3, 0.4) is 0 Å². The van der Waals surface area contributed by atoms with Crippen molar-refractivity contribution in [1.82, 2.24) is 14.9 Å². The minimum Gasteiger partial charge on any atom is -0.384 e. The molecular weight excluding hydrogens is 228 g/mol. The Morgan fingerprint density at radius 3 is 2.78 bits per heavy atom. The van der Waals surface area contributed by atoms with E-state index in [4.69, 9.17) is 10.5 Å². The third kappa shape index (κ3) is 3.92. The Morgan fingerprint density at radius 2 is 2.11 bits per heavy atom. The summed E-state index contributed by atoms with van der Waals surface area (Å²) in [5.74, 6) is 2.09. The number of ether oxygens (including phenoxy) is 1. The molecule has 0 unspecified atom stereocenters. The van der Waals surface area contributed by atoms with Gasteiger partial charge in [-0.1, -0.05) is 0 Å². The van der Waals surface area contributed by atoms with Gasteiger partial charge >= 0.3 is 0 Å². The summed E-state index contributed by atoms with van der Waals surface area (Å²) in [5, 5.41) is 0. The van der Waals surface area contributed by atoms with Crippen molar-refractivity contribution in [3.8, 4) is 0 Å². The fraction of sp³-hybridized carbons (Fsp3) is 0.692. The van der Waals surface area contributed by atoms with Crippen molar-refractivity contribution < 1.29 is 4.74 Å². The fourth-order valence-corrected chi connectivity index (χ4v) is 2.40. The first-order valence-electron chi connectivity index (χ1n) is 6.50. The van der Waals surface area contributed by atoms with Crippen LogP contribution in [0, 0.1) is 12.8 Å². The molecule has 0 saturated carbocycles. The van der Waals surface area contributed by atoms with E-state index in [-0.39, 0.29) is 0 Å². The molecule has 0 aromatic carbocycles. The highest BCUT2D eigenvalue weighted by Gasteiger charge is 2.16. The molecule has 1 aliphatic rings. The molecule has 0 aliphatic carbocycles. The van der Waals surface area contributed by atoms with E-state index in [1.54, 1.807) is 6.07 Å². The molecule has 18 heavy (non-hydrogen) atoms. The Hall–Kier alpha value is -1.20. The van der Waals surface area contributed by atoms with Crippen molar-refractivity contribution >= 4 is 5.82 Å². The zero-order valence-electron chi connectivity index (χ0n) is 11.2. The van der Waals surface area contributed by atoms with Crippen LogP contribution in [0.5, 0.6) is 0 Å². The second-order valence-electron chi connectivity index (χ2n) is 5.10. The number of hydrogen-bond acceptors (Lipinski definition) is 5. The second kappa shape index (κ2) is 6.11. The van der Waals surface area contributed by atoms with Crippen LogP contribution >= 0.6 is 0 Å². The van der Waals surface area contributed by atoms with E-state index >= 15 is 0 Å². The number of nitrogens with two attached hydrogens (primary N) is 1. The van der Waals surface area contributed by atoms with Gasteiger partial charge in [-0.3, -0.25) is 4.90 Å². The third-order valence-corrected chi connectivity index (χ3v) is 3.24. The van der Waals surface area contributed by atoms with Gasteiger partial charge in [-0.25, -0.2) is 9.97 Å². The molecule has 0 spiro atoms. The standard InChI is InChI=1S/C13H22N4O/c1-10-7-12(14)16-13(15-10)9-17(2)8-11-3-5-18-6-4-11/h7,11H,3-6,8-9H2,1-2H3,(H2,14,15,16). The molecule has 2 heterocycles. The van der Waals surface area contributed by atoms with Crippen molar-refractivity contribution in [2.24, 2.45) is 5.92 Å². The molecule has 0 amide bonds. The Balaban J connectivity index is 1.87. The number of anilines is 1. The Morgan fingerprint density at radius 1 is 1.39 bits per heavy atom. The van der Waals surface area contributed by atoms with Crippen molar-refractivity contribution in [2.75, 3.05) is 32.5 Å². The first-order valence-corrected chi connectivity index (χ1v) is 6.50. The minimum atomic E-state index is 0.553. The third-order valence-electron chi connectivity index (χ3n) is 3.24. The first kappa shape index (κ1) is 13.2. The smallest absolute Gasteiger partial charge is 0.144 e. The number of nitrogens with zero attached hydrogens (tertiary/aromatic N) is 3. The van der Waals surface area contributed by atoms with Crippen molar-refractivity contribution in [3.63, 3.8) is 0 Å². The molecule has 5 heteroatoms. The van der Waals surface area contributed by atoms with Gasteiger partial charge in [0.15, 0.2) is 0 Å². The van der Waals surface area contributed by atoms with Gasteiger partial charge in [0.05, 0.1) is 6.54 Å². The lowest BCUT2D eigenvalue weighted by Gasteiger charge is -2.26. The van der Waals surface area contributed by atoms with Gasteiger partial charge in [0.25, 0.3) is 0 Å². The lowest BCUT2D eigenvalue weighted by molar-refractivity contribution is 0.0547. The molecule has 1 saturated heterocycles. The highest BCUT2D eigenvalue weighted by atomic mass is 16.5. The maximum atomic E-state index is 5.73. The van der Waals surface area contributed by atoms with Crippen molar-refractivity contribution in [1.29, 1.82) is 0 Å². The quantitative estimate of drug-likeness (QED) is 0.870. The van der Waals surface area contributed by atoms with Crippen molar-refractivity contribution in [3.05, 3.63) is 17.6 Å². The van der Waals surface area contributed by atoms with Crippen LogP contribution in [-0.2, 0) is 11.3 Å². The second-order valence-corrected chi connectivity index (χ2v) is 5.10. The molecule has 5 nitrogen and oxygen atoms in total. The van der Waals surface area contributed by atoms with Crippen LogP contribution in [0.25, 0.3) is 0 Å². The number of aromatic nitrogens is 2. The Bertz CT molecular complexity index is 370. The van der Waals surface area contributed by atoms with E-state index in [1.165, 1.54) is 0 Å². The highest BCUT2D eigenvalue weighted by molar-refractivity contribution is 5.29. The molecule has 2 rings (SSSR count). The summed E-state index contributed by atoms with van der Waals surface area (Å²) < 4.78 is 5.37. The largest absolute Gasteiger partial charge is 0.384 e. The summed E-state index contributed by atoms with van der Waals surface area (Å²) in [6, 6.07) is 1.79. The Labute approximate surface area is 108 Å². The maximum Gasteiger partial charge on any atom is 0.144 e.